The van der Waals surface area contributed by atoms with Gasteiger partial charge in [-0.1, -0.05) is 103 Å². The van der Waals surface area contributed by atoms with Gasteiger partial charge in [-0.2, -0.15) is 29.0 Å². The number of fused-ring (bicyclic) bond motifs is 6. The summed E-state index contributed by atoms with van der Waals surface area (Å²) in [5.74, 6) is 0. The highest BCUT2D eigenvalue weighted by atomic mass is 19.4. The van der Waals surface area contributed by atoms with Crippen LogP contribution < -0.4 is 0 Å². The van der Waals surface area contributed by atoms with Crippen LogP contribution in [0.1, 0.15) is 27.8 Å². The smallest absolute Gasteiger partial charge is 0.309 e. The van der Waals surface area contributed by atoms with Gasteiger partial charge in [0.15, 0.2) is 0 Å². The molecule has 8 heteroatoms. The van der Waals surface area contributed by atoms with E-state index in [1.807, 2.05) is 127 Å². The van der Waals surface area contributed by atoms with Gasteiger partial charge in [0.25, 0.3) is 0 Å². The molecule has 0 amide bonds. The van der Waals surface area contributed by atoms with Crippen molar-refractivity contribution in [1.82, 2.24) is 9.13 Å². The summed E-state index contributed by atoms with van der Waals surface area (Å²) in [4.78, 5) is 0. The van der Waals surface area contributed by atoms with Gasteiger partial charge in [-0.25, -0.2) is 0 Å². The zero-order valence-electron chi connectivity index (χ0n) is 35.8. The Bertz CT molecular complexity index is 3980. The van der Waals surface area contributed by atoms with Gasteiger partial charge in [0.05, 0.1) is 73.9 Å². The van der Waals surface area contributed by atoms with Crippen molar-refractivity contribution in [2.45, 2.75) is 13.1 Å². The first-order valence-electron chi connectivity index (χ1n) is 21.6. The highest BCUT2D eigenvalue weighted by molar-refractivity contribution is 6.13. The van der Waals surface area contributed by atoms with Crippen molar-refractivity contribution >= 4 is 43.6 Å². The summed E-state index contributed by atoms with van der Waals surface area (Å²) in [6.45, 7) is 1.69. The lowest BCUT2D eigenvalue weighted by Gasteiger charge is -2.21. The van der Waals surface area contributed by atoms with Crippen LogP contribution in [0.15, 0.2) is 188 Å². The van der Waals surface area contributed by atoms with Crippen molar-refractivity contribution in [2.24, 2.45) is 0 Å². The molecule has 0 saturated carbocycles. The Hall–Kier alpha value is -9.16. The zero-order valence-corrected chi connectivity index (χ0v) is 35.8. The number of aromatic nitrogens is 2. The Balaban J connectivity index is 1.24. The fraction of sp³-hybridized carbons (Fsp3) is 0.0339. The number of alkyl halides is 3. The molecule has 0 aliphatic carbocycles. The third-order valence-electron chi connectivity index (χ3n) is 12.8. The molecule has 316 valence electrons. The van der Waals surface area contributed by atoms with E-state index in [0.717, 1.165) is 71.9 Å². The quantitative estimate of drug-likeness (QED) is 0.167. The number of hydrogen-bond acceptors (Lipinski definition) is 3. The number of hydrogen-bond donors (Lipinski definition) is 0. The maximum absolute atomic E-state index is 14.9. The second-order valence-corrected chi connectivity index (χ2v) is 16.6. The molecule has 67 heavy (non-hydrogen) atoms. The lowest BCUT2D eigenvalue weighted by atomic mass is 9.90. The summed E-state index contributed by atoms with van der Waals surface area (Å²) in [6.07, 6.45) is -4.63. The summed E-state index contributed by atoms with van der Waals surface area (Å²) >= 11 is 0. The normalized spacial score (nSPS) is 11.5. The molecule has 0 bridgehead atoms. The van der Waals surface area contributed by atoms with E-state index in [2.05, 4.69) is 45.5 Å². The molecular weight excluding hydrogens is 836 g/mol. The number of benzene rings is 9. The van der Waals surface area contributed by atoms with Crippen LogP contribution >= 0.6 is 0 Å². The van der Waals surface area contributed by atoms with Crippen molar-refractivity contribution in [3.05, 3.63) is 216 Å². The van der Waals surface area contributed by atoms with Crippen LogP contribution in [0, 0.1) is 40.9 Å². The van der Waals surface area contributed by atoms with Crippen molar-refractivity contribution in [2.75, 3.05) is 0 Å². The van der Waals surface area contributed by atoms with Crippen LogP contribution in [0.3, 0.4) is 0 Å². The predicted octanol–water partition coefficient (Wildman–Crippen LogP) is 15.5. The van der Waals surface area contributed by atoms with Crippen LogP contribution in [0.25, 0.3) is 99.5 Å². The average Bonchev–Trinajstić information content (AvgIpc) is 3.87. The summed E-state index contributed by atoms with van der Waals surface area (Å²) in [5.41, 5.74) is 11.1. The molecule has 2 heterocycles. The number of halogens is 3. The van der Waals surface area contributed by atoms with E-state index in [4.69, 9.17) is 0 Å². The van der Waals surface area contributed by atoms with Crippen LogP contribution in [-0.2, 0) is 6.18 Å². The molecule has 11 rings (SSSR count). The van der Waals surface area contributed by atoms with Crippen LogP contribution in [0.2, 0.25) is 0 Å². The number of aryl methyl sites for hydroxylation is 1. The molecule has 0 saturated heterocycles. The van der Waals surface area contributed by atoms with E-state index in [1.165, 1.54) is 6.07 Å². The zero-order chi connectivity index (χ0) is 46.0. The second-order valence-electron chi connectivity index (χ2n) is 16.6. The van der Waals surface area contributed by atoms with Crippen LogP contribution in [0.4, 0.5) is 13.2 Å². The minimum atomic E-state index is -4.63. The van der Waals surface area contributed by atoms with Gasteiger partial charge in [-0.05, 0) is 131 Å². The molecule has 0 radical (unpaired) electrons. The topological polar surface area (TPSA) is 81.2 Å². The molecular formula is C59H34F3N5. The van der Waals surface area contributed by atoms with E-state index >= 15 is 0 Å². The first kappa shape index (κ1) is 40.6. The third-order valence-corrected chi connectivity index (χ3v) is 12.8. The fourth-order valence-corrected chi connectivity index (χ4v) is 9.87. The Morgan fingerprint density at radius 3 is 1.42 bits per heavy atom. The van der Waals surface area contributed by atoms with Gasteiger partial charge in [0.2, 0.25) is 0 Å². The molecule has 5 nitrogen and oxygen atoms in total. The number of nitrogens with zero attached hydrogens (tertiary/aromatic N) is 5. The van der Waals surface area contributed by atoms with Gasteiger partial charge in [0, 0.05) is 32.7 Å². The number of para-hydroxylation sites is 2. The molecule has 0 aliphatic rings. The molecule has 0 atom stereocenters. The summed E-state index contributed by atoms with van der Waals surface area (Å²) < 4.78 is 49.1. The van der Waals surface area contributed by atoms with E-state index in [9.17, 15) is 29.0 Å². The number of nitriles is 3. The highest BCUT2D eigenvalue weighted by Gasteiger charge is 2.34. The minimum Gasteiger partial charge on any atom is -0.309 e. The second kappa shape index (κ2) is 15.8. The molecule has 0 fully saturated rings. The first-order chi connectivity index (χ1) is 32.7. The lowest BCUT2D eigenvalue weighted by Crippen LogP contribution is -2.08. The van der Waals surface area contributed by atoms with Crippen molar-refractivity contribution in [3.63, 3.8) is 0 Å². The van der Waals surface area contributed by atoms with Gasteiger partial charge < -0.3 is 9.13 Å². The molecule has 0 aliphatic heterocycles. The summed E-state index contributed by atoms with van der Waals surface area (Å²) in [7, 11) is 0. The first-order valence-corrected chi connectivity index (χ1v) is 21.6. The van der Waals surface area contributed by atoms with Gasteiger partial charge >= 0.3 is 6.18 Å². The van der Waals surface area contributed by atoms with Crippen LogP contribution in [-0.4, -0.2) is 9.13 Å². The molecule has 0 unspecified atom stereocenters. The lowest BCUT2D eigenvalue weighted by molar-refractivity contribution is -0.137. The minimum absolute atomic E-state index is 0.0749. The molecule has 2 aromatic heterocycles. The standard InChI is InChI=1S/C59H34F3N5/c1-36-11-10-18-51(59(60,61)62)58(36)40-24-28-57(67-53-20-9-7-17-46(53)49-31-39(23-27-56(49)67)44-15-5-3-13-42(44)35-65)50(32-40)47-29-37(33-63)21-25-54(47)66-52-19-8-6-16-45(52)48-30-38(22-26-55(48)66)43-14-4-2-12-41(43)34-64/h2-32H,1H3. The maximum atomic E-state index is 14.9. The van der Waals surface area contributed by atoms with E-state index in [1.54, 1.807) is 37.3 Å². The summed E-state index contributed by atoms with van der Waals surface area (Å²) in [5, 5.41) is 34.3. The monoisotopic (exact) mass is 869 g/mol. The Kier molecular flexibility index (Phi) is 9.59. The Labute approximate surface area is 383 Å². The molecule has 0 N–H and O–H groups in total. The maximum Gasteiger partial charge on any atom is 0.417 e. The van der Waals surface area contributed by atoms with Crippen LogP contribution in [0.5, 0.6) is 0 Å². The third kappa shape index (κ3) is 6.61. The van der Waals surface area contributed by atoms with Gasteiger partial charge in [-0.3, -0.25) is 0 Å². The van der Waals surface area contributed by atoms with Gasteiger partial charge in [-0.15, -0.1) is 0 Å². The molecule has 9 aromatic carbocycles. The SMILES string of the molecule is Cc1cccc(C(F)(F)F)c1-c1ccc(-n2c3ccccc3c3cc(-c4ccccc4C#N)ccc32)c(-c2cc(C#N)ccc2-n2c3ccccc3c3cc(-c4ccccc4C#N)ccc32)c1. The van der Waals surface area contributed by atoms with Crippen molar-refractivity contribution in [3.8, 4) is 74.1 Å². The largest absolute Gasteiger partial charge is 0.417 e. The van der Waals surface area contributed by atoms with Crippen molar-refractivity contribution in [1.29, 1.82) is 15.8 Å². The highest BCUT2D eigenvalue weighted by Crippen LogP contribution is 2.46. The van der Waals surface area contributed by atoms with Crippen molar-refractivity contribution < 1.29 is 13.2 Å². The Morgan fingerprint density at radius 1 is 0.403 bits per heavy atom. The number of rotatable bonds is 6. The molecule has 11 aromatic rings. The fourth-order valence-electron chi connectivity index (χ4n) is 9.87. The summed E-state index contributed by atoms with van der Waals surface area (Å²) in [6, 6.07) is 65.5. The predicted molar refractivity (Wildman–Crippen MR) is 261 cm³/mol. The Morgan fingerprint density at radius 2 is 0.881 bits per heavy atom. The molecule has 0 spiro atoms. The average molecular weight is 870 g/mol. The van der Waals surface area contributed by atoms with Gasteiger partial charge in [0.1, 0.15) is 0 Å². The van der Waals surface area contributed by atoms with E-state index in [0.29, 0.717) is 50.3 Å². The van der Waals surface area contributed by atoms with E-state index in [-0.39, 0.29) is 5.56 Å². The van der Waals surface area contributed by atoms with E-state index < -0.39 is 11.7 Å².